The highest BCUT2D eigenvalue weighted by Crippen LogP contribution is 2.13. The standard InChI is InChI=1S/C16H14ClN5O4/c1-10(7-15(23)19-14-6-5-12(17)9-18-14)20-21-16(24)11-3-2-4-13(8-11)22(25)26/h2-6,8-9H,7H2,1H3,(H,21,24)(H,18,19,23)/b20-10+. The third-order valence-corrected chi connectivity index (χ3v) is 3.30. The Morgan fingerprint density at radius 1 is 1.31 bits per heavy atom. The fourth-order valence-corrected chi connectivity index (χ4v) is 1.99. The molecule has 2 aromatic rings. The number of hydrogen-bond acceptors (Lipinski definition) is 6. The van der Waals surface area contributed by atoms with Crippen molar-refractivity contribution >= 4 is 40.6 Å². The summed E-state index contributed by atoms with van der Waals surface area (Å²) < 4.78 is 0. The number of rotatable bonds is 6. The van der Waals surface area contributed by atoms with Crippen LogP contribution >= 0.6 is 11.6 Å². The Morgan fingerprint density at radius 3 is 2.73 bits per heavy atom. The number of amides is 2. The molecule has 1 heterocycles. The zero-order valence-corrected chi connectivity index (χ0v) is 14.4. The van der Waals surface area contributed by atoms with E-state index >= 15 is 0 Å². The topological polar surface area (TPSA) is 127 Å². The molecule has 10 heteroatoms. The fraction of sp³-hybridized carbons (Fsp3) is 0.125. The van der Waals surface area contributed by atoms with Crippen molar-refractivity contribution in [3.8, 4) is 0 Å². The summed E-state index contributed by atoms with van der Waals surface area (Å²) in [4.78, 5) is 37.9. The highest BCUT2D eigenvalue weighted by molar-refractivity contribution is 6.30. The maximum Gasteiger partial charge on any atom is 0.271 e. The molecular formula is C16H14ClN5O4. The van der Waals surface area contributed by atoms with Crippen LogP contribution in [0.3, 0.4) is 0 Å². The van der Waals surface area contributed by atoms with Gasteiger partial charge in [0.05, 0.1) is 16.4 Å². The molecule has 2 N–H and O–H groups in total. The zero-order valence-electron chi connectivity index (χ0n) is 13.6. The summed E-state index contributed by atoms with van der Waals surface area (Å²) in [7, 11) is 0. The molecule has 9 nitrogen and oxygen atoms in total. The summed E-state index contributed by atoms with van der Waals surface area (Å²) >= 11 is 5.71. The first kappa shape index (κ1) is 19.0. The number of carbonyl (C=O) groups excluding carboxylic acids is 2. The summed E-state index contributed by atoms with van der Waals surface area (Å²) in [5, 5.41) is 17.5. The van der Waals surface area contributed by atoms with Crippen LogP contribution in [0.5, 0.6) is 0 Å². The third-order valence-electron chi connectivity index (χ3n) is 3.08. The molecule has 0 unspecified atom stereocenters. The largest absolute Gasteiger partial charge is 0.310 e. The van der Waals surface area contributed by atoms with Crippen molar-refractivity contribution in [1.82, 2.24) is 10.4 Å². The summed E-state index contributed by atoms with van der Waals surface area (Å²) in [6.07, 6.45) is 1.33. The molecule has 26 heavy (non-hydrogen) atoms. The molecular weight excluding hydrogens is 362 g/mol. The van der Waals surface area contributed by atoms with Gasteiger partial charge in [0.15, 0.2) is 0 Å². The molecule has 1 aromatic carbocycles. The first-order valence-corrected chi connectivity index (χ1v) is 7.72. The van der Waals surface area contributed by atoms with Crippen molar-refractivity contribution in [2.45, 2.75) is 13.3 Å². The van der Waals surface area contributed by atoms with Gasteiger partial charge in [-0.1, -0.05) is 17.7 Å². The summed E-state index contributed by atoms with van der Waals surface area (Å²) in [5.41, 5.74) is 2.49. The Labute approximate surface area is 153 Å². The number of hydrazone groups is 1. The number of anilines is 1. The van der Waals surface area contributed by atoms with Crippen LogP contribution in [0.1, 0.15) is 23.7 Å². The lowest BCUT2D eigenvalue weighted by Crippen LogP contribution is -2.21. The van der Waals surface area contributed by atoms with Gasteiger partial charge in [-0.15, -0.1) is 0 Å². The van der Waals surface area contributed by atoms with Gasteiger partial charge in [-0.25, -0.2) is 10.4 Å². The quantitative estimate of drug-likeness (QED) is 0.456. The predicted octanol–water partition coefficient (Wildman–Crippen LogP) is 2.78. The van der Waals surface area contributed by atoms with Crippen LogP contribution in [0.2, 0.25) is 5.02 Å². The molecule has 0 aliphatic rings. The molecule has 0 aliphatic heterocycles. The average molecular weight is 376 g/mol. The minimum absolute atomic E-state index is 0.0699. The molecule has 0 radical (unpaired) electrons. The second kappa shape index (κ2) is 8.67. The Bertz CT molecular complexity index is 867. The van der Waals surface area contributed by atoms with Crippen molar-refractivity contribution in [3.63, 3.8) is 0 Å². The van der Waals surface area contributed by atoms with E-state index in [9.17, 15) is 19.7 Å². The number of benzene rings is 1. The van der Waals surface area contributed by atoms with Gasteiger partial charge < -0.3 is 5.32 Å². The molecule has 0 spiro atoms. The van der Waals surface area contributed by atoms with E-state index in [1.165, 1.54) is 24.4 Å². The van der Waals surface area contributed by atoms with Crippen molar-refractivity contribution in [3.05, 3.63) is 63.3 Å². The number of non-ortho nitro benzene ring substituents is 1. The van der Waals surface area contributed by atoms with E-state index in [-0.39, 0.29) is 23.6 Å². The molecule has 0 atom stereocenters. The monoisotopic (exact) mass is 375 g/mol. The number of hydrogen-bond donors (Lipinski definition) is 2. The van der Waals surface area contributed by atoms with Crippen LogP contribution in [-0.2, 0) is 4.79 Å². The maximum atomic E-state index is 12.0. The average Bonchev–Trinajstić information content (AvgIpc) is 2.61. The third kappa shape index (κ3) is 5.64. The van der Waals surface area contributed by atoms with Crippen LogP contribution in [0.25, 0.3) is 0 Å². The Morgan fingerprint density at radius 2 is 2.08 bits per heavy atom. The lowest BCUT2D eigenvalue weighted by molar-refractivity contribution is -0.384. The van der Waals surface area contributed by atoms with Crippen molar-refractivity contribution in [2.75, 3.05) is 5.32 Å². The second-order valence-corrected chi connectivity index (χ2v) is 5.62. The van der Waals surface area contributed by atoms with E-state index in [4.69, 9.17) is 11.6 Å². The molecule has 1 aromatic heterocycles. The zero-order chi connectivity index (χ0) is 19.1. The molecule has 2 amide bonds. The smallest absolute Gasteiger partial charge is 0.271 e. The number of nitrogens with one attached hydrogen (secondary N) is 2. The summed E-state index contributed by atoms with van der Waals surface area (Å²) in [6, 6.07) is 8.38. The number of pyridine rings is 1. The normalized spacial score (nSPS) is 10.9. The lowest BCUT2D eigenvalue weighted by Gasteiger charge is -2.05. The maximum absolute atomic E-state index is 12.0. The van der Waals surface area contributed by atoms with E-state index in [0.717, 1.165) is 6.07 Å². The Hall–Kier alpha value is -3.33. The molecule has 134 valence electrons. The first-order chi connectivity index (χ1) is 12.3. The van der Waals surface area contributed by atoms with Crippen molar-refractivity contribution in [1.29, 1.82) is 0 Å². The van der Waals surface area contributed by atoms with Gasteiger partial charge in [-0.2, -0.15) is 5.10 Å². The lowest BCUT2D eigenvalue weighted by atomic mass is 10.2. The van der Waals surface area contributed by atoms with Crippen molar-refractivity contribution in [2.24, 2.45) is 5.10 Å². The Balaban J connectivity index is 1.91. The highest BCUT2D eigenvalue weighted by atomic mass is 35.5. The molecule has 2 rings (SSSR count). The van der Waals surface area contributed by atoms with Gasteiger partial charge in [-0.05, 0) is 25.1 Å². The summed E-state index contributed by atoms with van der Waals surface area (Å²) in [5.74, 6) is -0.647. The van der Waals surface area contributed by atoms with E-state index in [1.54, 1.807) is 19.1 Å². The van der Waals surface area contributed by atoms with Gasteiger partial charge in [0.1, 0.15) is 5.82 Å². The van der Waals surface area contributed by atoms with Crippen LogP contribution in [0.4, 0.5) is 11.5 Å². The van der Waals surface area contributed by atoms with Crippen LogP contribution in [0, 0.1) is 10.1 Å². The molecule has 0 bridgehead atoms. The van der Waals surface area contributed by atoms with Crippen molar-refractivity contribution < 1.29 is 14.5 Å². The van der Waals surface area contributed by atoms with Crippen LogP contribution in [-0.4, -0.2) is 27.4 Å². The molecule has 0 fully saturated rings. The molecule has 0 aliphatic carbocycles. The first-order valence-electron chi connectivity index (χ1n) is 7.34. The number of nitro groups is 1. The number of nitrogens with zero attached hydrogens (tertiary/aromatic N) is 3. The number of carbonyl (C=O) groups is 2. The van der Waals surface area contributed by atoms with Gasteiger partial charge in [0.25, 0.3) is 11.6 Å². The number of aromatic nitrogens is 1. The minimum Gasteiger partial charge on any atom is -0.310 e. The van der Waals surface area contributed by atoms with Gasteiger partial charge in [0.2, 0.25) is 5.91 Å². The van der Waals surface area contributed by atoms with Crippen LogP contribution < -0.4 is 10.7 Å². The minimum atomic E-state index is -0.618. The highest BCUT2D eigenvalue weighted by Gasteiger charge is 2.11. The number of halogens is 1. The number of nitro benzene ring substituents is 1. The van der Waals surface area contributed by atoms with Gasteiger partial charge in [-0.3, -0.25) is 19.7 Å². The predicted molar refractivity (Wildman–Crippen MR) is 96.2 cm³/mol. The fourth-order valence-electron chi connectivity index (χ4n) is 1.88. The van der Waals surface area contributed by atoms with Crippen LogP contribution in [0.15, 0.2) is 47.7 Å². The van der Waals surface area contributed by atoms with Gasteiger partial charge in [0, 0.05) is 29.6 Å². The van der Waals surface area contributed by atoms with E-state index < -0.39 is 10.8 Å². The van der Waals surface area contributed by atoms with E-state index in [1.807, 2.05) is 0 Å². The van der Waals surface area contributed by atoms with Gasteiger partial charge >= 0.3 is 0 Å². The SMILES string of the molecule is C/C(CC(=O)Nc1ccc(Cl)cn1)=N\NC(=O)c1cccc([N+](=O)[O-])c1. The van der Waals surface area contributed by atoms with E-state index in [0.29, 0.717) is 16.6 Å². The van der Waals surface area contributed by atoms with E-state index in [2.05, 4.69) is 20.8 Å². The second-order valence-electron chi connectivity index (χ2n) is 5.18. The Kier molecular flexibility index (Phi) is 6.34. The molecule has 0 saturated heterocycles. The molecule has 0 saturated carbocycles. The summed E-state index contributed by atoms with van der Waals surface area (Å²) in [6.45, 7) is 1.56.